The third kappa shape index (κ3) is 5.89. The Morgan fingerprint density at radius 1 is 0.500 bits per heavy atom. The highest BCUT2D eigenvalue weighted by Gasteiger charge is 2.25. The van der Waals surface area contributed by atoms with E-state index < -0.39 is 0 Å². The van der Waals surface area contributed by atoms with Gasteiger partial charge in [-0.1, -0.05) is 134 Å². The highest BCUT2D eigenvalue weighted by atomic mass is 16.3. The molecule has 0 saturated carbocycles. The van der Waals surface area contributed by atoms with Crippen molar-refractivity contribution in [3.63, 3.8) is 0 Å². The van der Waals surface area contributed by atoms with Crippen LogP contribution in [0, 0.1) is 0 Å². The SMILES string of the molecule is C1=CCC(c2nc(-c3ccc(-c4ccccc4)cc3)cc(-c3cc(-c4nc5ccccc5c5oc6ccccc6c45)cc(C4C=Cc5oc6ccccc6c5C4)c3)n2)C=C1. The quantitative estimate of drug-likeness (QED) is 0.168. The molecule has 2 aliphatic rings. The van der Waals surface area contributed by atoms with Gasteiger partial charge in [0.25, 0.3) is 0 Å². The van der Waals surface area contributed by atoms with Gasteiger partial charge in [-0.05, 0) is 84.1 Å². The Balaban J connectivity index is 1.07. The zero-order valence-corrected chi connectivity index (χ0v) is 32.6. The molecule has 0 amide bonds. The van der Waals surface area contributed by atoms with Gasteiger partial charge in [-0.2, -0.15) is 0 Å². The number of furan rings is 2. The van der Waals surface area contributed by atoms with Crippen molar-refractivity contribution in [3.05, 3.63) is 205 Å². The van der Waals surface area contributed by atoms with Crippen LogP contribution in [-0.2, 0) is 6.42 Å². The molecule has 2 unspecified atom stereocenters. The molecule has 0 saturated heterocycles. The summed E-state index contributed by atoms with van der Waals surface area (Å²) in [4.78, 5) is 16.1. The topological polar surface area (TPSA) is 65.0 Å². The standard InChI is InChI=1S/C55H37N3O2/c1-3-13-34(14-4-1)35-23-25-36(26-24-35)47-33-48(58-55(57-47)37-15-5-2-6-16-37)40-29-39(38-27-28-51-45(32-38)42-17-8-11-21-49(42)59-51)30-41(31-40)53-52-44-19-9-12-22-50(44)60-54(52)43-18-7-10-20-46(43)56-53/h1-15,17-31,33,37-38H,16,32H2. The number of nitrogens with zero attached hydrogens (tertiary/aromatic N) is 3. The average Bonchev–Trinajstić information content (AvgIpc) is 3.91. The van der Waals surface area contributed by atoms with Gasteiger partial charge in [-0.25, -0.2) is 15.0 Å². The lowest BCUT2D eigenvalue weighted by Crippen LogP contribution is -2.07. The third-order valence-electron chi connectivity index (χ3n) is 12.1. The second kappa shape index (κ2) is 14.0. The fourth-order valence-corrected chi connectivity index (χ4v) is 9.12. The molecular weight excluding hydrogens is 735 g/mol. The summed E-state index contributed by atoms with van der Waals surface area (Å²) in [7, 11) is 0. The Labute approximate surface area is 346 Å². The van der Waals surface area contributed by atoms with E-state index in [0.717, 1.165) is 96.6 Å². The molecule has 5 heteroatoms. The molecule has 12 rings (SSSR count). The zero-order chi connectivity index (χ0) is 39.6. The van der Waals surface area contributed by atoms with Gasteiger partial charge in [-0.3, -0.25) is 0 Å². The first-order chi connectivity index (χ1) is 29.7. The molecule has 0 N–H and O–H groups in total. The first-order valence-corrected chi connectivity index (χ1v) is 20.6. The number of fused-ring (bicyclic) bond motifs is 8. The number of para-hydroxylation sites is 3. The van der Waals surface area contributed by atoms with Crippen LogP contribution >= 0.6 is 0 Å². The molecule has 4 aromatic heterocycles. The lowest BCUT2D eigenvalue weighted by molar-refractivity contribution is 0.592. The highest BCUT2D eigenvalue weighted by Crippen LogP contribution is 2.43. The Morgan fingerprint density at radius 2 is 1.18 bits per heavy atom. The number of allylic oxidation sites excluding steroid dienone is 5. The zero-order valence-electron chi connectivity index (χ0n) is 32.6. The maximum Gasteiger partial charge on any atom is 0.147 e. The van der Waals surface area contributed by atoms with Gasteiger partial charge in [0.15, 0.2) is 0 Å². The highest BCUT2D eigenvalue weighted by molar-refractivity contribution is 6.19. The van der Waals surface area contributed by atoms with Crippen molar-refractivity contribution < 1.29 is 8.83 Å². The van der Waals surface area contributed by atoms with E-state index in [1.165, 1.54) is 27.6 Å². The molecule has 0 bridgehead atoms. The maximum atomic E-state index is 6.65. The van der Waals surface area contributed by atoms with Crippen LogP contribution in [0.2, 0.25) is 0 Å². The number of benzene rings is 6. The van der Waals surface area contributed by atoms with Crippen LogP contribution in [-0.4, -0.2) is 15.0 Å². The van der Waals surface area contributed by atoms with E-state index in [1.54, 1.807) is 0 Å². The minimum atomic E-state index is 0.0630. The van der Waals surface area contributed by atoms with E-state index in [4.69, 9.17) is 23.8 Å². The Hall–Kier alpha value is -7.63. The summed E-state index contributed by atoms with van der Waals surface area (Å²) in [5, 5.41) is 4.22. The van der Waals surface area contributed by atoms with Crippen LogP contribution in [0.15, 0.2) is 191 Å². The second-order valence-corrected chi connectivity index (χ2v) is 15.8. The van der Waals surface area contributed by atoms with E-state index >= 15 is 0 Å². The van der Waals surface area contributed by atoms with Gasteiger partial charge in [-0.15, -0.1) is 0 Å². The van der Waals surface area contributed by atoms with Crippen molar-refractivity contribution >= 4 is 49.9 Å². The first-order valence-electron chi connectivity index (χ1n) is 20.6. The molecule has 4 heterocycles. The summed E-state index contributed by atoms with van der Waals surface area (Å²) in [6, 6.07) is 53.2. The number of hydrogen-bond donors (Lipinski definition) is 0. The van der Waals surface area contributed by atoms with Gasteiger partial charge >= 0.3 is 0 Å². The van der Waals surface area contributed by atoms with Crippen molar-refractivity contribution in [3.8, 4) is 44.9 Å². The van der Waals surface area contributed by atoms with Crippen LogP contribution in [0.4, 0.5) is 0 Å². The summed E-state index contributed by atoms with van der Waals surface area (Å²) < 4.78 is 13.0. The molecule has 6 aromatic carbocycles. The molecular formula is C55H37N3O2. The van der Waals surface area contributed by atoms with E-state index in [-0.39, 0.29) is 11.8 Å². The van der Waals surface area contributed by atoms with E-state index in [0.29, 0.717) is 0 Å². The smallest absolute Gasteiger partial charge is 0.147 e. The van der Waals surface area contributed by atoms with Crippen molar-refractivity contribution in [1.29, 1.82) is 0 Å². The Bertz CT molecular complexity index is 3390. The van der Waals surface area contributed by atoms with Gasteiger partial charge < -0.3 is 8.83 Å². The molecule has 284 valence electrons. The predicted octanol–water partition coefficient (Wildman–Crippen LogP) is 14.3. The first kappa shape index (κ1) is 34.4. The molecule has 0 fully saturated rings. The molecule has 2 atom stereocenters. The van der Waals surface area contributed by atoms with Crippen molar-refractivity contribution in [1.82, 2.24) is 15.0 Å². The average molecular weight is 772 g/mol. The molecule has 10 aromatic rings. The molecule has 60 heavy (non-hydrogen) atoms. The maximum absolute atomic E-state index is 6.65. The fraction of sp³-hybridized carbons (Fsp3) is 0.0727. The van der Waals surface area contributed by atoms with Crippen LogP contribution in [0.3, 0.4) is 0 Å². The second-order valence-electron chi connectivity index (χ2n) is 15.8. The van der Waals surface area contributed by atoms with Gasteiger partial charge in [0, 0.05) is 50.2 Å². The normalized spacial score (nSPS) is 16.0. The predicted molar refractivity (Wildman–Crippen MR) is 244 cm³/mol. The molecule has 0 aliphatic heterocycles. The molecule has 2 aliphatic carbocycles. The Morgan fingerprint density at radius 3 is 2.00 bits per heavy atom. The minimum absolute atomic E-state index is 0.0630. The van der Waals surface area contributed by atoms with E-state index in [2.05, 4.69) is 164 Å². The third-order valence-corrected chi connectivity index (χ3v) is 12.1. The van der Waals surface area contributed by atoms with Crippen molar-refractivity contribution in [2.45, 2.75) is 24.7 Å². The van der Waals surface area contributed by atoms with Gasteiger partial charge in [0.05, 0.1) is 28.0 Å². The summed E-state index contributed by atoms with van der Waals surface area (Å²) in [5.74, 6) is 1.89. The number of rotatable bonds is 6. The van der Waals surface area contributed by atoms with Crippen molar-refractivity contribution in [2.24, 2.45) is 0 Å². The molecule has 0 spiro atoms. The fourth-order valence-electron chi connectivity index (χ4n) is 9.12. The minimum Gasteiger partial charge on any atom is -0.456 e. The lowest BCUT2D eigenvalue weighted by Gasteiger charge is -2.20. The van der Waals surface area contributed by atoms with E-state index in [1.807, 2.05) is 24.3 Å². The largest absolute Gasteiger partial charge is 0.456 e. The summed E-state index contributed by atoms with van der Waals surface area (Å²) in [5.41, 5.74) is 14.0. The summed E-state index contributed by atoms with van der Waals surface area (Å²) in [6.45, 7) is 0. The number of aromatic nitrogens is 3. The van der Waals surface area contributed by atoms with Crippen LogP contribution in [0.25, 0.3) is 94.8 Å². The molecule has 5 nitrogen and oxygen atoms in total. The summed E-state index contributed by atoms with van der Waals surface area (Å²) in [6.07, 6.45) is 14.7. The van der Waals surface area contributed by atoms with Gasteiger partial charge in [0.1, 0.15) is 28.3 Å². The lowest BCUT2D eigenvalue weighted by atomic mass is 9.84. The van der Waals surface area contributed by atoms with Crippen LogP contribution < -0.4 is 0 Å². The monoisotopic (exact) mass is 771 g/mol. The van der Waals surface area contributed by atoms with Crippen LogP contribution in [0.1, 0.15) is 41.0 Å². The van der Waals surface area contributed by atoms with Crippen molar-refractivity contribution in [2.75, 3.05) is 0 Å². The summed E-state index contributed by atoms with van der Waals surface area (Å²) >= 11 is 0. The number of hydrogen-bond acceptors (Lipinski definition) is 5. The number of pyridine rings is 1. The molecule has 0 radical (unpaired) electrons. The van der Waals surface area contributed by atoms with Gasteiger partial charge in [0.2, 0.25) is 0 Å². The van der Waals surface area contributed by atoms with Crippen LogP contribution in [0.5, 0.6) is 0 Å². The van der Waals surface area contributed by atoms with E-state index in [9.17, 15) is 0 Å². The Kier molecular flexibility index (Phi) is 8.05.